The van der Waals surface area contributed by atoms with Gasteiger partial charge in [-0.25, -0.2) is 15.0 Å². The smallest absolute Gasteiger partial charge is 0.227 e. The molecule has 144 valence electrons. The summed E-state index contributed by atoms with van der Waals surface area (Å²) >= 11 is 1.65. The molecule has 0 spiro atoms. The number of thiazole rings is 1. The number of aryl methyl sites for hydroxylation is 2. The van der Waals surface area contributed by atoms with Crippen molar-refractivity contribution in [3.8, 4) is 16.3 Å². The molecule has 3 aromatic rings. The summed E-state index contributed by atoms with van der Waals surface area (Å²) in [5.74, 6) is 0.772. The van der Waals surface area contributed by atoms with E-state index >= 15 is 0 Å². The zero-order valence-electron chi connectivity index (χ0n) is 15.3. The third-order valence-corrected chi connectivity index (χ3v) is 6.10. The highest BCUT2D eigenvalue weighted by Gasteiger charge is 2.24. The molecule has 0 amide bonds. The van der Waals surface area contributed by atoms with Gasteiger partial charge in [-0.05, 0) is 55.5 Å². The lowest BCUT2D eigenvalue weighted by molar-refractivity contribution is 0.120. The number of aromatic hydroxyl groups is 1. The number of hydrogen-bond donors (Lipinski definition) is 3. The van der Waals surface area contributed by atoms with Crippen molar-refractivity contribution in [3.63, 3.8) is 0 Å². The summed E-state index contributed by atoms with van der Waals surface area (Å²) in [5.41, 5.74) is 4.04. The molecule has 0 saturated carbocycles. The number of hydrogen-bond acceptors (Lipinski definition) is 8. The van der Waals surface area contributed by atoms with Crippen LogP contribution in [-0.4, -0.2) is 39.3 Å². The van der Waals surface area contributed by atoms with Gasteiger partial charge in [-0.1, -0.05) is 11.3 Å². The second-order valence-electron chi connectivity index (χ2n) is 7.05. The Morgan fingerprint density at radius 2 is 2.07 bits per heavy atom. The Balaban J connectivity index is 1.37. The Morgan fingerprint density at radius 1 is 1.18 bits per heavy atom. The van der Waals surface area contributed by atoms with E-state index in [0.717, 1.165) is 71.5 Å². The van der Waals surface area contributed by atoms with Crippen LogP contribution < -0.4 is 10.6 Å². The average Bonchev–Trinajstić information content (AvgIpc) is 3.37. The molecule has 0 bridgehead atoms. The van der Waals surface area contributed by atoms with Gasteiger partial charge in [-0.2, -0.15) is 0 Å². The van der Waals surface area contributed by atoms with Crippen LogP contribution in [0.3, 0.4) is 0 Å². The molecule has 2 aliphatic rings. The molecule has 2 aromatic heterocycles. The largest absolute Gasteiger partial charge is 0.508 e. The number of aromatic nitrogens is 3. The molecule has 1 saturated heterocycles. The lowest BCUT2D eigenvalue weighted by Crippen LogP contribution is -2.18. The fourth-order valence-corrected chi connectivity index (χ4v) is 4.61. The van der Waals surface area contributed by atoms with E-state index < -0.39 is 0 Å². The van der Waals surface area contributed by atoms with Crippen LogP contribution in [0.2, 0.25) is 0 Å². The Labute approximate surface area is 166 Å². The first-order valence-corrected chi connectivity index (χ1v) is 10.3. The van der Waals surface area contributed by atoms with Crippen LogP contribution in [0.15, 0.2) is 30.5 Å². The molecule has 28 heavy (non-hydrogen) atoms. The highest BCUT2D eigenvalue weighted by atomic mass is 32.1. The minimum Gasteiger partial charge on any atom is -0.508 e. The van der Waals surface area contributed by atoms with E-state index in [1.54, 1.807) is 35.6 Å². The summed E-state index contributed by atoms with van der Waals surface area (Å²) in [6, 6.07) is 6.86. The third-order valence-electron chi connectivity index (χ3n) is 5.04. The molecule has 1 aliphatic heterocycles. The summed E-state index contributed by atoms with van der Waals surface area (Å²) in [7, 11) is 0. The van der Waals surface area contributed by atoms with Crippen molar-refractivity contribution < 1.29 is 9.84 Å². The van der Waals surface area contributed by atoms with Gasteiger partial charge < -0.3 is 20.5 Å². The van der Waals surface area contributed by atoms with Crippen molar-refractivity contribution in [3.05, 3.63) is 41.7 Å². The normalized spacial score (nSPS) is 17.8. The van der Waals surface area contributed by atoms with E-state index in [1.807, 2.05) is 6.20 Å². The monoisotopic (exact) mass is 395 g/mol. The van der Waals surface area contributed by atoms with E-state index in [-0.39, 0.29) is 11.9 Å². The van der Waals surface area contributed by atoms with Gasteiger partial charge >= 0.3 is 0 Å². The lowest BCUT2D eigenvalue weighted by Gasteiger charge is -2.14. The van der Waals surface area contributed by atoms with Crippen LogP contribution >= 0.6 is 11.3 Å². The number of rotatable bonds is 5. The second-order valence-corrected chi connectivity index (χ2v) is 8.05. The van der Waals surface area contributed by atoms with Crippen molar-refractivity contribution in [1.29, 1.82) is 0 Å². The predicted octanol–water partition coefficient (Wildman–Crippen LogP) is 3.74. The molecule has 1 aromatic carbocycles. The summed E-state index contributed by atoms with van der Waals surface area (Å²) in [6.45, 7) is 1.67. The maximum atomic E-state index is 9.43. The lowest BCUT2D eigenvalue weighted by atomic mass is 10.00. The highest BCUT2D eigenvalue weighted by molar-refractivity contribution is 7.19. The third kappa shape index (κ3) is 3.53. The average molecular weight is 395 g/mol. The highest BCUT2D eigenvalue weighted by Crippen LogP contribution is 2.38. The molecule has 1 aliphatic carbocycles. The number of ether oxygens (including phenoxy) is 1. The Morgan fingerprint density at radius 3 is 2.89 bits per heavy atom. The van der Waals surface area contributed by atoms with Crippen molar-refractivity contribution in [2.45, 2.75) is 31.8 Å². The zero-order chi connectivity index (χ0) is 18.9. The Kier molecular flexibility index (Phi) is 4.58. The molecule has 1 fully saturated rings. The van der Waals surface area contributed by atoms with Crippen LogP contribution in [0.4, 0.5) is 16.8 Å². The summed E-state index contributed by atoms with van der Waals surface area (Å²) < 4.78 is 5.68. The molecule has 1 atom stereocenters. The Bertz CT molecular complexity index is 983. The van der Waals surface area contributed by atoms with Gasteiger partial charge in [0.2, 0.25) is 5.95 Å². The van der Waals surface area contributed by atoms with Crippen molar-refractivity contribution in [1.82, 2.24) is 15.0 Å². The molecular weight excluding hydrogens is 374 g/mol. The van der Waals surface area contributed by atoms with Gasteiger partial charge in [-0.3, -0.25) is 0 Å². The number of benzene rings is 1. The fourth-order valence-electron chi connectivity index (χ4n) is 3.56. The number of nitrogens with one attached hydrogen (secondary N) is 2. The van der Waals surface area contributed by atoms with Crippen molar-refractivity contribution in [2.24, 2.45) is 0 Å². The van der Waals surface area contributed by atoms with Gasteiger partial charge in [0, 0.05) is 25.0 Å². The summed E-state index contributed by atoms with van der Waals surface area (Å²) in [5, 5.41) is 17.0. The molecule has 7 nitrogen and oxygen atoms in total. The van der Waals surface area contributed by atoms with Gasteiger partial charge in [0.25, 0.3) is 0 Å². The predicted molar refractivity (Wildman–Crippen MR) is 109 cm³/mol. The molecule has 1 unspecified atom stereocenters. The van der Waals surface area contributed by atoms with Crippen LogP contribution in [0.25, 0.3) is 10.6 Å². The molecule has 3 N–H and O–H groups in total. The molecule has 0 radical (unpaired) electrons. The summed E-state index contributed by atoms with van der Waals surface area (Å²) in [4.78, 5) is 15.1. The topological polar surface area (TPSA) is 92.2 Å². The van der Waals surface area contributed by atoms with E-state index in [1.165, 1.54) is 0 Å². The van der Waals surface area contributed by atoms with Crippen molar-refractivity contribution in [2.75, 3.05) is 23.8 Å². The SMILES string of the molecule is Oc1ccc(Nc2ncc3c(n2)-c2sc(NCC4CCCO4)nc2CC3)cc1. The maximum Gasteiger partial charge on any atom is 0.227 e. The first-order valence-electron chi connectivity index (χ1n) is 9.52. The summed E-state index contributed by atoms with van der Waals surface area (Å²) in [6.07, 6.45) is 6.25. The Hall–Kier alpha value is -2.71. The zero-order valence-corrected chi connectivity index (χ0v) is 16.1. The van der Waals surface area contributed by atoms with Gasteiger partial charge in [0.05, 0.1) is 22.4 Å². The second kappa shape index (κ2) is 7.37. The number of anilines is 3. The van der Waals surface area contributed by atoms with Crippen LogP contribution in [0.5, 0.6) is 5.75 Å². The van der Waals surface area contributed by atoms with E-state index in [4.69, 9.17) is 14.7 Å². The fraction of sp³-hybridized carbons (Fsp3) is 0.350. The van der Waals surface area contributed by atoms with Gasteiger partial charge in [0.1, 0.15) is 5.75 Å². The molecule has 3 heterocycles. The first-order chi connectivity index (χ1) is 13.7. The van der Waals surface area contributed by atoms with Crippen LogP contribution in [0, 0.1) is 0 Å². The van der Waals surface area contributed by atoms with E-state index in [9.17, 15) is 5.11 Å². The van der Waals surface area contributed by atoms with Gasteiger partial charge in [-0.15, -0.1) is 0 Å². The van der Waals surface area contributed by atoms with Crippen molar-refractivity contribution >= 4 is 28.1 Å². The van der Waals surface area contributed by atoms with Crippen LogP contribution in [0.1, 0.15) is 24.1 Å². The number of phenols is 1. The minimum absolute atomic E-state index is 0.231. The number of fused-ring (bicyclic) bond motifs is 3. The van der Waals surface area contributed by atoms with Crippen LogP contribution in [-0.2, 0) is 17.6 Å². The number of phenolic OH excluding ortho intramolecular Hbond substituents is 1. The molecule has 8 heteroatoms. The quantitative estimate of drug-likeness (QED) is 0.567. The van der Waals surface area contributed by atoms with E-state index in [0.29, 0.717) is 5.95 Å². The van der Waals surface area contributed by atoms with Gasteiger partial charge in [0.15, 0.2) is 5.13 Å². The molecular formula is C20H21N5O2S. The van der Waals surface area contributed by atoms with E-state index in [2.05, 4.69) is 15.6 Å². The standard InChI is InChI=1S/C20H21N5O2S/c26-14-6-4-13(5-7-14)23-19-21-10-12-3-8-16-18(17(12)25-19)28-20(24-16)22-11-15-2-1-9-27-15/h4-7,10,15,26H,1-3,8-9,11H2,(H,22,24)(H,21,23,25). The first kappa shape index (κ1) is 17.4. The molecule has 5 rings (SSSR count). The maximum absolute atomic E-state index is 9.43. The number of nitrogens with zero attached hydrogens (tertiary/aromatic N) is 3. The minimum atomic E-state index is 0.231.